The summed E-state index contributed by atoms with van der Waals surface area (Å²) < 4.78 is 32.2. The summed E-state index contributed by atoms with van der Waals surface area (Å²) in [6, 6.07) is 12.7. The summed E-state index contributed by atoms with van der Waals surface area (Å²) in [6.45, 7) is 8.47. The van der Waals surface area contributed by atoms with E-state index >= 15 is 0 Å². The Balaban J connectivity index is 1.60. The van der Waals surface area contributed by atoms with Crippen LogP contribution in [0.15, 0.2) is 59.0 Å². The number of aromatic nitrogens is 1. The van der Waals surface area contributed by atoms with E-state index in [2.05, 4.69) is 25.4 Å². The van der Waals surface area contributed by atoms with Crippen molar-refractivity contribution in [3.05, 3.63) is 70.9 Å². The molecule has 1 atom stereocenters. The molecule has 0 saturated heterocycles. The lowest BCUT2D eigenvalue weighted by Crippen LogP contribution is -2.20. The van der Waals surface area contributed by atoms with Crippen molar-refractivity contribution in [3.63, 3.8) is 0 Å². The van der Waals surface area contributed by atoms with Gasteiger partial charge in [-0.25, -0.2) is 18.4 Å². The monoisotopic (exact) mass is 579 g/mol. The van der Waals surface area contributed by atoms with Gasteiger partial charge in [-0.3, -0.25) is 9.52 Å². The van der Waals surface area contributed by atoms with Gasteiger partial charge >= 0.3 is 0 Å². The Morgan fingerprint density at radius 2 is 1.80 bits per heavy atom. The number of amides is 1. The van der Waals surface area contributed by atoms with Crippen LogP contribution in [0.2, 0.25) is 0 Å². The summed E-state index contributed by atoms with van der Waals surface area (Å²) in [5, 5.41) is 13.5. The zero-order valence-corrected chi connectivity index (χ0v) is 25.5. The minimum atomic E-state index is -3.59. The third kappa shape index (κ3) is 6.94. The Labute approximate surface area is 241 Å². The van der Waals surface area contributed by atoms with E-state index in [0.29, 0.717) is 17.8 Å². The maximum atomic E-state index is 13.5. The van der Waals surface area contributed by atoms with Crippen molar-refractivity contribution in [2.24, 2.45) is 10.3 Å². The Hall–Kier alpha value is -4.19. The first kappa shape index (κ1) is 29.8. The summed E-state index contributed by atoms with van der Waals surface area (Å²) in [6.07, 6.45) is 2.88. The first-order valence-corrected chi connectivity index (χ1v) is 15.0. The number of methoxy groups -OCH3 is 1. The molecule has 0 aliphatic carbocycles. The Kier molecular flexibility index (Phi) is 8.25. The van der Waals surface area contributed by atoms with Crippen molar-refractivity contribution in [1.29, 1.82) is 0 Å². The highest BCUT2D eigenvalue weighted by Crippen LogP contribution is 2.39. The smallest absolute Gasteiger partial charge is 0.255 e. The molecule has 0 spiro atoms. The van der Waals surface area contributed by atoms with Crippen molar-refractivity contribution < 1.29 is 17.9 Å². The third-order valence-corrected chi connectivity index (χ3v) is 7.30. The average molecular weight is 580 g/mol. The summed E-state index contributed by atoms with van der Waals surface area (Å²) in [5.74, 6) is 0.699. The molecule has 11 nitrogen and oxygen atoms in total. The Morgan fingerprint density at radius 3 is 2.39 bits per heavy atom. The van der Waals surface area contributed by atoms with E-state index in [1.54, 1.807) is 29.3 Å². The van der Waals surface area contributed by atoms with Gasteiger partial charge in [0, 0.05) is 25.9 Å². The predicted octanol–water partition coefficient (Wildman–Crippen LogP) is 5.31. The van der Waals surface area contributed by atoms with Crippen LogP contribution >= 0.6 is 0 Å². The lowest BCUT2D eigenvalue weighted by Gasteiger charge is -2.24. The number of nitrogens with one attached hydrogen (secondary N) is 2. The first-order valence-electron chi connectivity index (χ1n) is 13.1. The predicted molar refractivity (Wildman–Crippen MR) is 163 cm³/mol. The van der Waals surface area contributed by atoms with E-state index < -0.39 is 10.0 Å². The van der Waals surface area contributed by atoms with Crippen molar-refractivity contribution >= 4 is 38.8 Å². The van der Waals surface area contributed by atoms with Crippen molar-refractivity contribution in [1.82, 2.24) is 4.98 Å². The zero-order valence-electron chi connectivity index (χ0n) is 24.7. The molecule has 1 amide bonds. The van der Waals surface area contributed by atoms with Gasteiger partial charge in [0.2, 0.25) is 10.0 Å². The maximum Gasteiger partial charge on any atom is 0.255 e. The fourth-order valence-electron chi connectivity index (χ4n) is 4.41. The van der Waals surface area contributed by atoms with Gasteiger partial charge in [-0.05, 0) is 59.4 Å². The molecule has 0 saturated carbocycles. The van der Waals surface area contributed by atoms with Gasteiger partial charge in [0.05, 0.1) is 37.0 Å². The molecular weight excluding hydrogens is 542 g/mol. The molecule has 2 N–H and O–H groups in total. The van der Waals surface area contributed by atoms with Crippen molar-refractivity contribution in [2.45, 2.75) is 39.2 Å². The molecule has 1 aromatic heterocycles. The minimum Gasteiger partial charge on any atom is -0.492 e. The van der Waals surface area contributed by atoms with Crippen LogP contribution in [-0.2, 0) is 15.4 Å². The molecule has 2 aromatic carbocycles. The number of aryl methyl sites for hydroxylation is 1. The highest BCUT2D eigenvalue weighted by molar-refractivity contribution is 7.92. The quantitative estimate of drug-likeness (QED) is 0.370. The molecule has 1 aliphatic rings. The van der Waals surface area contributed by atoms with Gasteiger partial charge in [0.25, 0.3) is 5.91 Å². The van der Waals surface area contributed by atoms with E-state index in [9.17, 15) is 13.2 Å². The van der Waals surface area contributed by atoms with Gasteiger partial charge in [0.1, 0.15) is 11.9 Å². The van der Waals surface area contributed by atoms with Crippen LogP contribution in [0.3, 0.4) is 0 Å². The van der Waals surface area contributed by atoms with Crippen LogP contribution in [0.1, 0.15) is 53.9 Å². The number of pyridine rings is 1. The number of nitrogens with zero attached hydrogens (tertiary/aromatic N) is 5. The van der Waals surface area contributed by atoms with E-state index in [1.807, 2.05) is 71.1 Å². The van der Waals surface area contributed by atoms with Crippen molar-refractivity contribution in [3.8, 4) is 5.75 Å². The lowest BCUT2D eigenvalue weighted by atomic mass is 9.86. The molecule has 3 aromatic rings. The normalized spacial score (nSPS) is 15.1. The Morgan fingerprint density at radius 1 is 1.10 bits per heavy atom. The number of benzene rings is 2. The van der Waals surface area contributed by atoms with Crippen LogP contribution in [-0.4, -0.2) is 53.3 Å². The summed E-state index contributed by atoms with van der Waals surface area (Å²) >= 11 is 0. The molecule has 1 aliphatic heterocycles. The molecular formula is C29H37N7O4S. The second-order valence-electron chi connectivity index (χ2n) is 11.3. The van der Waals surface area contributed by atoms with Crippen LogP contribution in [0.4, 0.5) is 22.9 Å². The standard InChI is InChI=1S/C29H37N7O4S/c1-18-9-10-19(13-25(18)36-17-24(32-34-36)20-11-12-26(30-16-20)35(5)6)28(37)31-22-14-21(29(2,3)4)15-23(27(22)40-7)33-41(8,38)39/h9-16,24,33H,17H2,1-8H3,(H,31,37). The van der Waals surface area contributed by atoms with Crippen LogP contribution in [0.5, 0.6) is 5.75 Å². The number of sulfonamides is 1. The van der Waals surface area contributed by atoms with Crippen LogP contribution in [0, 0.1) is 6.92 Å². The number of ether oxygens (including phenoxy) is 1. The molecule has 4 rings (SSSR count). The molecule has 0 radical (unpaired) electrons. The summed E-state index contributed by atoms with van der Waals surface area (Å²) in [4.78, 5) is 19.9. The van der Waals surface area contributed by atoms with Crippen LogP contribution < -0.4 is 24.7 Å². The maximum absolute atomic E-state index is 13.5. The average Bonchev–Trinajstić information content (AvgIpc) is 3.37. The zero-order chi connectivity index (χ0) is 30.1. The minimum absolute atomic E-state index is 0.180. The molecule has 41 heavy (non-hydrogen) atoms. The molecule has 0 fully saturated rings. The number of hydrogen-bond acceptors (Lipinski definition) is 9. The molecule has 218 valence electrons. The van der Waals surface area contributed by atoms with E-state index in [4.69, 9.17) is 4.74 Å². The SMILES string of the molecule is COc1c(NC(=O)c2ccc(C)c(N3CC(c4ccc(N(C)C)nc4)N=N3)c2)cc(C(C)(C)C)cc1NS(C)(=O)=O. The van der Waals surface area contributed by atoms with E-state index in [1.165, 1.54) is 7.11 Å². The highest BCUT2D eigenvalue weighted by Gasteiger charge is 2.26. The fraction of sp³-hybridized carbons (Fsp3) is 0.379. The number of carbonyl (C=O) groups is 1. The molecule has 2 heterocycles. The fourth-order valence-corrected chi connectivity index (χ4v) is 4.96. The highest BCUT2D eigenvalue weighted by atomic mass is 32.2. The van der Waals surface area contributed by atoms with E-state index in [-0.39, 0.29) is 28.8 Å². The van der Waals surface area contributed by atoms with Gasteiger partial charge < -0.3 is 15.0 Å². The molecule has 12 heteroatoms. The number of anilines is 4. The Bertz CT molecular complexity index is 1580. The summed E-state index contributed by atoms with van der Waals surface area (Å²) in [7, 11) is 1.71. The van der Waals surface area contributed by atoms with Gasteiger partial charge in [-0.1, -0.05) is 38.1 Å². The second kappa shape index (κ2) is 11.4. The second-order valence-corrected chi connectivity index (χ2v) is 13.1. The molecule has 1 unspecified atom stereocenters. The van der Waals surface area contributed by atoms with Crippen molar-refractivity contribution in [2.75, 3.05) is 54.0 Å². The first-order chi connectivity index (χ1) is 19.2. The number of rotatable bonds is 8. The topological polar surface area (TPSA) is 129 Å². The largest absolute Gasteiger partial charge is 0.492 e. The van der Waals surface area contributed by atoms with Gasteiger partial charge in [-0.15, -0.1) is 0 Å². The third-order valence-electron chi connectivity index (χ3n) is 6.71. The molecule has 0 bridgehead atoms. The number of carbonyl (C=O) groups excluding carboxylic acids is 1. The van der Waals surface area contributed by atoms with Gasteiger partial charge in [-0.2, -0.15) is 5.11 Å². The van der Waals surface area contributed by atoms with Gasteiger partial charge in [0.15, 0.2) is 5.75 Å². The van der Waals surface area contributed by atoms with E-state index in [0.717, 1.165) is 34.5 Å². The summed E-state index contributed by atoms with van der Waals surface area (Å²) in [5.41, 5.74) is 4.16. The lowest BCUT2D eigenvalue weighted by molar-refractivity contribution is 0.102. The number of hydrogen-bond donors (Lipinski definition) is 2. The van der Waals surface area contributed by atoms with Crippen LogP contribution in [0.25, 0.3) is 0 Å².